The molecule has 1 N–H and O–H groups in total. The van der Waals surface area contributed by atoms with Crippen molar-refractivity contribution in [2.75, 3.05) is 26.7 Å². The Labute approximate surface area is 103 Å². The van der Waals surface area contributed by atoms with Gasteiger partial charge in [-0.15, -0.1) is 0 Å². The van der Waals surface area contributed by atoms with E-state index in [9.17, 15) is 4.79 Å². The Balaban J connectivity index is 2.36. The van der Waals surface area contributed by atoms with E-state index in [2.05, 4.69) is 16.3 Å². The van der Waals surface area contributed by atoms with Crippen LogP contribution in [0, 0.1) is 23.2 Å². The first-order chi connectivity index (χ1) is 7.81. The summed E-state index contributed by atoms with van der Waals surface area (Å²) >= 11 is 0. The maximum atomic E-state index is 11.5. The van der Waals surface area contributed by atoms with Crippen LogP contribution in [0.25, 0.3) is 0 Å². The van der Waals surface area contributed by atoms with Crippen LogP contribution in [-0.4, -0.2) is 43.3 Å². The molecule has 1 aliphatic rings. The molecule has 0 bridgehead atoms. The zero-order valence-corrected chi connectivity index (χ0v) is 11.0. The van der Waals surface area contributed by atoms with Gasteiger partial charge in [0.05, 0.1) is 12.0 Å². The third-order valence-corrected chi connectivity index (χ3v) is 2.70. The third kappa shape index (κ3) is 4.61. The number of nitrogens with zero attached hydrogens (tertiary/aromatic N) is 2. The zero-order valence-electron chi connectivity index (χ0n) is 11.0. The van der Waals surface area contributed by atoms with Gasteiger partial charge in [0.25, 0.3) is 0 Å². The van der Waals surface area contributed by atoms with Gasteiger partial charge in [0.1, 0.15) is 5.60 Å². The van der Waals surface area contributed by atoms with Crippen molar-refractivity contribution in [1.29, 1.82) is 5.26 Å². The highest BCUT2D eigenvalue weighted by Crippen LogP contribution is 2.20. The number of ether oxygens (including phenoxy) is 1. The first-order valence-electron chi connectivity index (χ1n) is 5.87. The number of nitriles is 1. The predicted molar refractivity (Wildman–Crippen MR) is 64.3 cm³/mol. The molecule has 17 heavy (non-hydrogen) atoms. The molecule has 96 valence electrons. The number of carbonyl (C=O) groups is 1. The standard InChI is InChI=1S/C12H21N3O2/c1-12(2,3)17-11(16)14-6-10-8-15(4)7-9(10)5-13/h9-10H,6-8H2,1-4H3,(H,14,16)/t9-,10+/m0/s1. The molecular weight excluding hydrogens is 218 g/mol. The lowest BCUT2D eigenvalue weighted by molar-refractivity contribution is 0.0518. The van der Waals surface area contributed by atoms with Crippen molar-refractivity contribution in [2.45, 2.75) is 26.4 Å². The number of rotatable bonds is 2. The first-order valence-corrected chi connectivity index (χ1v) is 5.87. The molecule has 0 aromatic carbocycles. The van der Waals surface area contributed by atoms with Crippen molar-refractivity contribution in [1.82, 2.24) is 10.2 Å². The Morgan fingerprint density at radius 2 is 2.18 bits per heavy atom. The molecule has 1 rings (SSSR count). The average molecular weight is 239 g/mol. The van der Waals surface area contributed by atoms with Gasteiger partial charge in [-0.3, -0.25) is 0 Å². The van der Waals surface area contributed by atoms with Crippen molar-refractivity contribution >= 4 is 6.09 Å². The second kappa shape index (κ2) is 5.37. The fourth-order valence-corrected chi connectivity index (χ4v) is 1.97. The molecule has 1 saturated heterocycles. The smallest absolute Gasteiger partial charge is 0.407 e. The molecular formula is C12H21N3O2. The van der Waals surface area contributed by atoms with E-state index in [4.69, 9.17) is 10.00 Å². The molecule has 2 atom stereocenters. The van der Waals surface area contributed by atoms with Gasteiger partial charge < -0.3 is 15.0 Å². The molecule has 0 radical (unpaired) electrons. The largest absolute Gasteiger partial charge is 0.444 e. The number of likely N-dealkylation sites (tertiary alicyclic amines) is 1. The van der Waals surface area contributed by atoms with Gasteiger partial charge in [0.15, 0.2) is 0 Å². The summed E-state index contributed by atoms with van der Waals surface area (Å²) in [5.41, 5.74) is -0.481. The Kier molecular flexibility index (Phi) is 4.35. The van der Waals surface area contributed by atoms with Crippen LogP contribution in [0.15, 0.2) is 0 Å². The lowest BCUT2D eigenvalue weighted by atomic mass is 9.98. The van der Waals surface area contributed by atoms with Gasteiger partial charge in [-0.2, -0.15) is 5.26 Å². The number of alkyl carbamates (subject to hydrolysis) is 1. The van der Waals surface area contributed by atoms with Crippen LogP contribution in [0.4, 0.5) is 4.79 Å². The Bertz CT molecular complexity index is 317. The summed E-state index contributed by atoms with van der Waals surface area (Å²) in [4.78, 5) is 13.6. The van der Waals surface area contributed by atoms with Gasteiger partial charge in [-0.25, -0.2) is 4.79 Å². The monoisotopic (exact) mass is 239 g/mol. The number of amides is 1. The minimum atomic E-state index is -0.481. The predicted octanol–water partition coefficient (Wildman–Crippen LogP) is 1.21. The topological polar surface area (TPSA) is 65.4 Å². The van der Waals surface area contributed by atoms with E-state index in [-0.39, 0.29) is 11.8 Å². The van der Waals surface area contributed by atoms with Crippen molar-refractivity contribution in [3.8, 4) is 6.07 Å². The van der Waals surface area contributed by atoms with Crippen LogP contribution in [-0.2, 0) is 4.74 Å². The van der Waals surface area contributed by atoms with Crippen LogP contribution in [0.3, 0.4) is 0 Å². The molecule has 1 fully saturated rings. The Morgan fingerprint density at radius 3 is 2.71 bits per heavy atom. The molecule has 0 aliphatic carbocycles. The van der Waals surface area contributed by atoms with Gasteiger partial charge in [0, 0.05) is 25.6 Å². The quantitative estimate of drug-likeness (QED) is 0.786. The molecule has 0 unspecified atom stereocenters. The van der Waals surface area contributed by atoms with E-state index in [0.717, 1.165) is 13.1 Å². The average Bonchev–Trinajstić information content (AvgIpc) is 2.53. The Morgan fingerprint density at radius 1 is 1.53 bits per heavy atom. The van der Waals surface area contributed by atoms with Crippen LogP contribution in [0.1, 0.15) is 20.8 Å². The van der Waals surface area contributed by atoms with Crippen molar-refractivity contribution in [3.63, 3.8) is 0 Å². The van der Waals surface area contributed by atoms with Crippen LogP contribution < -0.4 is 5.32 Å². The molecule has 5 nitrogen and oxygen atoms in total. The SMILES string of the molecule is CN1C[C@@H](CNC(=O)OC(C)(C)C)[C@@H](C#N)C1. The number of nitrogens with one attached hydrogen (secondary N) is 1. The summed E-state index contributed by atoms with van der Waals surface area (Å²) in [5.74, 6) is 0.187. The maximum Gasteiger partial charge on any atom is 0.407 e. The highest BCUT2D eigenvalue weighted by Gasteiger charge is 2.31. The lowest BCUT2D eigenvalue weighted by Crippen LogP contribution is -2.36. The minimum Gasteiger partial charge on any atom is -0.444 e. The normalized spacial score (nSPS) is 25.4. The van der Waals surface area contributed by atoms with Crippen molar-refractivity contribution in [3.05, 3.63) is 0 Å². The Hall–Kier alpha value is -1.28. The highest BCUT2D eigenvalue weighted by atomic mass is 16.6. The van der Waals surface area contributed by atoms with Crippen molar-refractivity contribution in [2.24, 2.45) is 11.8 Å². The maximum absolute atomic E-state index is 11.5. The van der Waals surface area contributed by atoms with Gasteiger partial charge in [-0.05, 0) is 27.8 Å². The molecule has 0 aromatic rings. The second-order valence-electron chi connectivity index (χ2n) is 5.60. The van der Waals surface area contributed by atoms with E-state index in [0.29, 0.717) is 6.54 Å². The van der Waals surface area contributed by atoms with E-state index in [1.807, 2.05) is 27.8 Å². The molecule has 5 heteroatoms. The fourth-order valence-electron chi connectivity index (χ4n) is 1.97. The minimum absolute atomic E-state index is 0.00469. The summed E-state index contributed by atoms with van der Waals surface area (Å²) in [6.07, 6.45) is -0.413. The lowest BCUT2D eigenvalue weighted by Gasteiger charge is -2.21. The van der Waals surface area contributed by atoms with Crippen LogP contribution in [0.2, 0.25) is 0 Å². The number of hydrogen-bond donors (Lipinski definition) is 1. The highest BCUT2D eigenvalue weighted by molar-refractivity contribution is 5.67. The van der Waals surface area contributed by atoms with Crippen molar-refractivity contribution < 1.29 is 9.53 Å². The van der Waals surface area contributed by atoms with Crippen LogP contribution in [0.5, 0.6) is 0 Å². The molecule has 1 aliphatic heterocycles. The molecule has 0 aromatic heterocycles. The number of carbonyl (C=O) groups excluding carboxylic acids is 1. The summed E-state index contributed by atoms with van der Waals surface area (Å²) < 4.78 is 5.15. The van der Waals surface area contributed by atoms with E-state index < -0.39 is 11.7 Å². The zero-order chi connectivity index (χ0) is 13.1. The molecule has 1 amide bonds. The molecule has 0 saturated carbocycles. The number of hydrogen-bond acceptors (Lipinski definition) is 4. The summed E-state index contributed by atoms with van der Waals surface area (Å²) in [6.45, 7) is 7.60. The summed E-state index contributed by atoms with van der Waals surface area (Å²) in [5, 5.41) is 11.7. The van der Waals surface area contributed by atoms with E-state index >= 15 is 0 Å². The molecule has 0 spiro atoms. The van der Waals surface area contributed by atoms with Gasteiger partial charge in [-0.1, -0.05) is 0 Å². The summed E-state index contributed by atoms with van der Waals surface area (Å²) in [7, 11) is 1.98. The second-order valence-corrected chi connectivity index (χ2v) is 5.60. The van der Waals surface area contributed by atoms with Gasteiger partial charge in [0.2, 0.25) is 0 Å². The van der Waals surface area contributed by atoms with E-state index in [1.165, 1.54) is 0 Å². The summed E-state index contributed by atoms with van der Waals surface area (Å²) in [6, 6.07) is 2.28. The fraction of sp³-hybridized carbons (Fsp3) is 0.833. The third-order valence-electron chi connectivity index (χ3n) is 2.70. The van der Waals surface area contributed by atoms with Crippen LogP contribution >= 0.6 is 0 Å². The first kappa shape index (κ1) is 13.8. The molecule has 1 heterocycles. The van der Waals surface area contributed by atoms with E-state index in [1.54, 1.807) is 0 Å². The van der Waals surface area contributed by atoms with Gasteiger partial charge >= 0.3 is 6.09 Å².